The van der Waals surface area contributed by atoms with Crippen LogP contribution < -0.4 is 5.32 Å². The molecule has 1 unspecified atom stereocenters. The Balaban J connectivity index is 1.86. The number of carbonyl (C=O) groups is 3. The van der Waals surface area contributed by atoms with Crippen molar-refractivity contribution in [1.29, 1.82) is 0 Å². The van der Waals surface area contributed by atoms with E-state index in [9.17, 15) is 22.8 Å². The number of sulfone groups is 1. The molecule has 1 heterocycles. The summed E-state index contributed by atoms with van der Waals surface area (Å²) >= 11 is 0. The number of hydrogen-bond donors (Lipinski definition) is 2. The molecule has 0 saturated carbocycles. The van der Waals surface area contributed by atoms with Crippen LogP contribution in [0.15, 0.2) is 24.3 Å². The van der Waals surface area contributed by atoms with Crippen LogP contribution >= 0.6 is 0 Å². The van der Waals surface area contributed by atoms with Gasteiger partial charge in [0.15, 0.2) is 9.84 Å². The van der Waals surface area contributed by atoms with Gasteiger partial charge in [-0.15, -0.1) is 0 Å². The van der Waals surface area contributed by atoms with Crippen LogP contribution in [-0.4, -0.2) is 66.8 Å². The summed E-state index contributed by atoms with van der Waals surface area (Å²) in [6.45, 7) is 1.81. The predicted molar refractivity (Wildman–Crippen MR) is 94.6 cm³/mol. The number of carboxylic acids is 1. The standard InChI is InChI=1S/C17H22N2O6S/c1-12(16(21)19-8-10-26(24,25)11-9-19)18-15(20)7-6-13-4-2-3-5-14(13)17(22)23/h2-5,12H,6-11H2,1H3,(H,18,20)(H,22,23). The van der Waals surface area contributed by atoms with E-state index in [-0.39, 0.29) is 54.8 Å². The number of nitrogens with one attached hydrogen (secondary N) is 1. The summed E-state index contributed by atoms with van der Waals surface area (Å²) < 4.78 is 22.8. The van der Waals surface area contributed by atoms with Crippen molar-refractivity contribution in [3.8, 4) is 0 Å². The molecule has 0 bridgehead atoms. The molecule has 1 atom stereocenters. The molecule has 9 heteroatoms. The molecule has 26 heavy (non-hydrogen) atoms. The molecule has 8 nitrogen and oxygen atoms in total. The molecule has 1 fully saturated rings. The Hall–Kier alpha value is -2.42. The van der Waals surface area contributed by atoms with Crippen molar-refractivity contribution in [3.63, 3.8) is 0 Å². The highest BCUT2D eigenvalue weighted by Gasteiger charge is 2.28. The van der Waals surface area contributed by atoms with Crippen LogP contribution in [0.5, 0.6) is 0 Å². The fourth-order valence-electron chi connectivity index (χ4n) is 2.78. The minimum atomic E-state index is -3.08. The van der Waals surface area contributed by atoms with Crippen LogP contribution in [0.3, 0.4) is 0 Å². The Morgan fingerprint density at radius 1 is 1.19 bits per heavy atom. The Bertz CT molecular complexity index is 791. The lowest BCUT2D eigenvalue weighted by atomic mass is 10.0. The van der Waals surface area contributed by atoms with E-state index in [1.54, 1.807) is 25.1 Å². The third kappa shape index (κ3) is 5.29. The maximum atomic E-state index is 12.3. The topological polar surface area (TPSA) is 121 Å². The van der Waals surface area contributed by atoms with Crippen LogP contribution in [0.4, 0.5) is 0 Å². The number of amides is 2. The van der Waals surface area contributed by atoms with E-state index in [0.29, 0.717) is 5.56 Å². The maximum Gasteiger partial charge on any atom is 0.335 e. The quantitative estimate of drug-likeness (QED) is 0.719. The molecule has 1 aliphatic heterocycles. The van der Waals surface area contributed by atoms with Gasteiger partial charge in [0.05, 0.1) is 17.1 Å². The van der Waals surface area contributed by atoms with Gasteiger partial charge in [0.25, 0.3) is 0 Å². The second kappa shape index (κ2) is 8.31. The van der Waals surface area contributed by atoms with E-state index in [4.69, 9.17) is 5.11 Å². The Morgan fingerprint density at radius 3 is 2.42 bits per heavy atom. The van der Waals surface area contributed by atoms with Crippen LogP contribution in [-0.2, 0) is 25.8 Å². The van der Waals surface area contributed by atoms with Gasteiger partial charge in [0.1, 0.15) is 6.04 Å². The molecule has 2 amide bonds. The first-order valence-corrected chi connectivity index (χ1v) is 10.1. The zero-order chi connectivity index (χ0) is 19.3. The third-order valence-electron chi connectivity index (χ3n) is 4.27. The molecule has 142 valence electrons. The Kier molecular flexibility index (Phi) is 6.36. The molecule has 1 saturated heterocycles. The summed E-state index contributed by atoms with van der Waals surface area (Å²) in [5, 5.41) is 11.7. The number of nitrogens with zero attached hydrogens (tertiary/aromatic N) is 1. The maximum absolute atomic E-state index is 12.3. The number of carboxylic acid groups (broad SMARTS) is 1. The van der Waals surface area contributed by atoms with E-state index >= 15 is 0 Å². The summed E-state index contributed by atoms with van der Waals surface area (Å²) in [4.78, 5) is 37.0. The molecule has 1 aromatic rings. The number of carbonyl (C=O) groups excluding carboxylic acids is 2. The third-order valence-corrected chi connectivity index (χ3v) is 5.88. The van der Waals surface area contributed by atoms with E-state index in [2.05, 4.69) is 5.32 Å². The molecule has 2 rings (SSSR count). The molecule has 0 aliphatic carbocycles. The first-order valence-electron chi connectivity index (χ1n) is 8.29. The lowest BCUT2D eigenvalue weighted by Crippen LogP contribution is -2.51. The van der Waals surface area contributed by atoms with Gasteiger partial charge >= 0.3 is 5.97 Å². The highest BCUT2D eigenvalue weighted by molar-refractivity contribution is 7.91. The van der Waals surface area contributed by atoms with Gasteiger partial charge in [-0.25, -0.2) is 13.2 Å². The van der Waals surface area contributed by atoms with Crippen molar-refractivity contribution in [2.24, 2.45) is 0 Å². The number of rotatable bonds is 6. The number of benzene rings is 1. The summed E-state index contributed by atoms with van der Waals surface area (Å²) in [5.41, 5.74) is 0.703. The van der Waals surface area contributed by atoms with Gasteiger partial charge in [-0.05, 0) is 25.0 Å². The van der Waals surface area contributed by atoms with Crippen molar-refractivity contribution < 1.29 is 27.9 Å². The van der Waals surface area contributed by atoms with Crippen molar-refractivity contribution in [3.05, 3.63) is 35.4 Å². The largest absolute Gasteiger partial charge is 0.478 e. The molecule has 1 aliphatic rings. The number of aryl methyl sites for hydroxylation is 1. The molecular weight excluding hydrogens is 360 g/mol. The van der Waals surface area contributed by atoms with Gasteiger partial charge in [-0.2, -0.15) is 0 Å². The minimum absolute atomic E-state index is 0.0519. The smallest absolute Gasteiger partial charge is 0.335 e. The van der Waals surface area contributed by atoms with Crippen LogP contribution in [0, 0.1) is 0 Å². The van der Waals surface area contributed by atoms with Gasteiger partial charge in [-0.3, -0.25) is 9.59 Å². The fraction of sp³-hybridized carbons (Fsp3) is 0.471. The fourth-order valence-corrected chi connectivity index (χ4v) is 3.98. The second-order valence-electron chi connectivity index (χ2n) is 6.23. The molecule has 0 spiro atoms. The first kappa shape index (κ1) is 19.9. The lowest BCUT2D eigenvalue weighted by Gasteiger charge is -2.29. The Labute approximate surface area is 152 Å². The van der Waals surface area contributed by atoms with Gasteiger partial charge < -0.3 is 15.3 Å². The monoisotopic (exact) mass is 382 g/mol. The molecule has 0 aromatic heterocycles. The van der Waals surface area contributed by atoms with E-state index < -0.39 is 21.8 Å². The highest BCUT2D eigenvalue weighted by Crippen LogP contribution is 2.11. The predicted octanol–water partition coefficient (Wildman–Crippen LogP) is 0.0791. The molecule has 1 aromatic carbocycles. The van der Waals surface area contributed by atoms with Gasteiger partial charge in [-0.1, -0.05) is 18.2 Å². The molecule has 0 radical (unpaired) electrons. The summed E-state index contributed by atoms with van der Waals surface area (Å²) in [5.74, 6) is -1.86. The van der Waals surface area contributed by atoms with E-state index in [1.165, 1.54) is 11.0 Å². The Morgan fingerprint density at radius 2 is 1.81 bits per heavy atom. The van der Waals surface area contributed by atoms with Crippen molar-refractivity contribution >= 4 is 27.6 Å². The van der Waals surface area contributed by atoms with Crippen LogP contribution in [0.1, 0.15) is 29.3 Å². The normalized spacial score (nSPS) is 17.3. The zero-order valence-electron chi connectivity index (χ0n) is 14.5. The second-order valence-corrected chi connectivity index (χ2v) is 8.53. The zero-order valence-corrected chi connectivity index (χ0v) is 15.3. The average molecular weight is 382 g/mol. The molecule has 2 N–H and O–H groups in total. The van der Waals surface area contributed by atoms with Gasteiger partial charge in [0.2, 0.25) is 11.8 Å². The highest BCUT2D eigenvalue weighted by atomic mass is 32.2. The number of hydrogen-bond acceptors (Lipinski definition) is 5. The summed E-state index contributed by atoms with van der Waals surface area (Å²) in [6, 6.07) is 5.69. The van der Waals surface area contributed by atoms with Crippen LogP contribution in [0.25, 0.3) is 0 Å². The van der Waals surface area contributed by atoms with Crippen molar-refractivity contribution in [2.45, 2.75) is 25.8 Å². The van der Waals surface area contributed by atoms with Crippen molar-refractivity contribution in [2.75, 3.05) is 24.6 Å². The first-order chi connectivity index (χ1) is 12.2. The average Bonchev–Trinajstić information content (AvgIpc) is 2.59. The molecular formula is C17H22N2O6S. The summed E-state index contributed by atoms with van der Waals surface area (Å²) in [6.07, 6.45) is 0.299. The lowest BCUT2D eigenvalue weighted by molar-refractivity contribution is -0.135. The minimum Gasteiger partial charge on any atom is -0.478 e. The van der Waals surface area contributed by atoms with Crippen LogP contribution in [0.2, 0.25) is 0 Å². The SMILES string of the molecule is CC(NC(=O)CCc1ccccc1C(=O)O)C(=O)N1CCS(=O)(=O)CC1. The van der Waals surface area contributed by atoms with E-state index in [1.807, 2.05) is 0 Å². The van der Waals surface area contributed by atoms with Crippen molar-refractivity contribution in [1.82, 2.24) is 10.2 Å². The van der Waals surface area contributed by atoms with E-state index in [0.717, 1.165) is 0 Å². The van der Waals surface area contributed by atoms with Gasteiger partial charge in [0, 0.05) is 19.5 Å². The summed E-state index contributed by atoms with van der Waals surface area (Å²) in [7, 11) is -3.08. The number of aromatic carboxylic acids is 1.